The van der Waals surface area contributed by atoms with E-state index in [1.54, 1.807) is 13.0 Å². The molecule has 4 aromatic rings. The Hall–Kier alpha value is -4.28. The van der Waals surface area contributed by atoms with Crippen LogP contribution in [0.25, 0.3) is 17.1 Å². The first-order valence-electron chi connectivity index (χ1n) is 14.7. The summed E-state index contributed by atoms with van der Waals surface area (Å²) in [6.07, 6.45) is 3.98. The van der Waals surface area contributed by atoms with Gasteiger partial charge >= 0.3 is 5.97 Å². The molecule has 0 aliphatic carbocycles. The first-order valence-corrected chi connectivity index (χ1v) is 14.7. The van der Waals surface area contributed by atoms with Gasteiger partial charge in [0.15, 0.2) is 5.82 Å². The number of para-hydroxylation sites is 1. The molecule has 0 radical (unpaired) electrons. The zero-order valence-corrected chi connectivity index (χ0v) is 24.4. The Labute approximate surface area is 249 Å². The summed E-state index contributed by atoms with van der Waals surface area (Å²) in [5.74, 6) is -0.204. The summed E-state index contributed by atoms with van der Waals surface area (Å²) in [5.41, 5.74) is 4.53. The highest BCUT2D eigenvalue weighted by Gasteiger charge is 2.28. The number of pyridine rings is 1. The van der Waals surface area contributed by atoms with Crippen LogP contribution in [0.1, 0.15) is 52.4 Å². The molecule has 0 spiro atoms. The quantitative estimate of drug-likeness (QED) is 0.271. The number of hydrogen-bond acceptors (Lipinski definition) is 7. The van der Waals surface area contributed by atoms with Crippen molar-refractivity contribution in [3.05, 3.63) is 88.4 Å². The number of aromatic carboxylic acids is 1. The van der Waals surface area contributed by atoms with Crippen molar-refractivity contribution in [1.29, 1.82) is 0 Å². The van der Waals surface area contributed by atoms with E-state index >= 15 is 4.39 Å². The number of aromatic nitrogens is 3. The molecule has 1 N–H and O–H groups in total. The highest BCUT2D eigenvalue weighted by atomic mass is 19.1. The zero-order chi connectivity index (χ0) is 29.9. The lowest BCUT2D eigenvalue weighted by Crippen LogP contribution is -2.42. The average molecular weight is 587 g/mol. The van der Waals surface area contributed by atoms with Gasteiger partial charge in [-0.15, -0.1) is 0 Å². The summed E-state index contributed by atoms with van der Waals surface area (Å²) in [5, 5.41) is 13.8. The van der Waals surface area contributed by atoms with Gasteiger partial charge in [-0.2, -0.15) is 9.78 Å². The van der Waals surface area contributed by atoms with Crippen molar-refractivity contribution >= 4 is 5.97 Å². The van der Waals surface area contributed by atoms with Crippen LogP contribution in [0.2, 0.25) is 0 Å². The number of aryl methyl sites for hydroxylation is 1. The number of nitrogens with zero attached hydrogens (tertiary/aromatic N) is 4. The molecule has 0 saturated carbocycles. The maximum absolute atomic E-state index is 15.8. The fourth-order valence-electron chi connectivity index (χ4n) is 5.96. The molecule has 0 atom stereocenters. The van der Waals surface area contributed by atoms with Crippen LogP contribution < -0.4 is 9.47 Å². The van der Waals surface area contributed by atoms with Gasteiger partial charge in [0.1, 0.15) is 23.7 Å². The Kier molecular flexibility index (Phi) is 8.40. The molecule has 10 heteroatoms. The monoisotopic (exact) mass is 586 g/mol. The van der Waals surface area contributed by atoms with Gasteiger partial charge in [-0.05, 0) is 68.0 Å². The minimum absolute atomic E-state index is 0.0444. The summed E-state index contributed by atoms with van der Waals surface area (Å²) in [6.45, 7) is 7.26. The van der Waals surface area contributed by atoms with Crippen molar-refractivity contribution in [3.8, 4) is 28.7 Å². The number of carboxylic acids is 1. The zero-order valence-electron chi connectivity index (χ0n) is 24.4. The van der Waals surface area contributed by atoms with Crippen molar-refractivity contribution in [3.63, 3.8) is 0 Å². The van der Waals surface area contributed by atoms with Crippen LogP contribution in [0.4, 0.5) is 4.39 Å². The lowest BCUT2D eigenvalue weighted by atomic mass is 9.94. The second-order valence-electron chi connectivity index (χ2n) is 10.9. The van der Waals surface area contributed by atoms with E-state index in [1.807, 2.05) is 49.4 Å². The Morgan fingerprint density at radius 3 is 2.72 bits per heavy atom. The lowest BCUT2D eigenvalue weighted by Gasteiger charge is -2.37. The molecule has 0 amide bonds. The first-order chi connectivity index (χ1) is 20.9. The first kappa shape index (κ1) is 28.8. The topological polar surface area (TPSA) is 98.9 Å². The second kappa shape index (κ2) is 12.5. The SMILES string of the molecule is CCOc1c(C(=O)O)cnn1-c1cccc(-c2cccc(C)c2OCc2ccc3c(c2F)CCN(C2CCOCC2)C3)n1. The molecule has 224 valence electrons. The van der Waals surface area contributed by atoms with Gasteiger partial charge in [0.05, 0.1) is 18.5 Å². The molecule has 1 saturated heterocycles. The molecule has 9 nitrogen and oxygen atoms in total. The van der Waals surface area contributed by atoms with Crippen LogP contribution >= 0.6 is 0 Å². The van der Waals surface area contributed by atoms with Crippen molar-refractivity contribution in [2.45, 2.75) is 52.3 Å². The van der Waals surface area contributed by atoms with E-state index in [0.717, 1.165) is 61.4 Å². The maximum Gasteiger partial charge on any atom is 0.342 e. The van der Waals surface area contributed by atoms with Gasteiger partial charge in [0.2, 0.25) is 5.88 Å². The number of carboxylic acid groups (broad SMARTS) is 1. The van der Waals surface area contributed by atoms with Gasteiger partial charge in [0, 0.05) is 43.5 Å². The van der Waals surface area contributed by atoms with Crippen molar-refractivity contribution in [2.24, 2.45) is 0 Å². The summed E-state index contributed by atoms with van der Waals surface area (Å²) in [7, 11) is 0. The number of fused-ring (bicyclic) bond motifs is 1. The van der Waals surface area contributed by atoms with Crippen LogP contribution in [0.3, 0.4) is 0 Å². The minimum Gasteiger partial charge on any atom is -0.488 e. The third kappa shape index (κ3) is 5.85. The van der Waals surface area contributed by atoms with E-state index in [0.29, 0.717) is 35.3 Å². The number of rotatable bonds is 9. The predicted molar refractivity (Wildman–Crippen MR) is 158 cm³/mol. The van der Waals surface area contributed by atoms with Gasteiger partial charge < -0.3 is 19.3 Å². The Balaban J connectivity index is 1.24. The molecule has 0 bridgehead atoms. The van der Waals surface area contributed by atoms with Crippen LogP contribution in [0.15, 0.2) is 54.7 Å². The molecular weight excluding hydrogens is 551 g/mol. The van der Waals surface area contributed by atoms with Crippen LogP contribution in [-0.2, 0) is 24.3 Å². The largest absolute Gasteiger partial charge is 0.488 e. The van der Waals surface area contributed by atoms with Gasteiger partial charge in [0.25, 0.3) is 0 Å². The molecule has 0 unspecified atom stereocenters. The molecule has 4 heterocycles. The van der Waals surface area contributed by atoms with Crippen LogP contribution in [0, 0.1) is 12.7 Å². The number of benzene rings is 2. The average Bonchev–Trinajstić information content (AvgIpc) is 3.46. The van der Waals surface area contributed by atoms with Crippen molar-refractivity contribution < 1.29 is 28.5 Å². The van der Waals surface area contributed by atoms with Crippen molar-refractivity contribution in [1.82, 2.24) is 19.7 Å². The highest BCUT2D eigenvalue weighted by Crippen LogP contribution is 2.35. The lowest BCUT2D eigenvalue weighted by molar-refractivity contribution is 0.0288. The van der Waals surface area contributed by atoms with E-state index in [1.165, 1.54) is 10.9 Å². The number of hydrogen-bond donors (Lipinski definition) is 1. The maximum atomic E-state index is 15.8. The molecule has 2 aromatic carbocycles. The second-order valence-corrected chi connectivity index (χ2v) is 10.9. The van der Waals surface area contributed by atoms with E-state index < -0.39 is 5.97 Å². The van der Waals surface area contributed by atoms with Crippen molar-refractivity contribution in [2.75, 3.05) is 26.4 Å². The smallest absolute Gasteiger partial charge is 0.342 e. The normalized spacial score (nSPS) is 15.7. The number of carbonyl (C=O) groups is 1. The number of ether oxygens (including phenoxy) is 3. The number of halogens is 1. The Bertz CT molecular complexity index is 1630. The molecule has 2 aliphatic heterocycles. The van der Waals surface area contributed by atoms with E-state index in [4.69, 9.17) is 19.2 Å². The fourth-order valence-corrected chi connectivity index (χ4v) is 5.96. The van der Waals surface area contributed by atoms with Gasteiger partial charge in [-0.1, -0.05) is 30.3 Å². The van der Waals surface area contributed by atoms with E-state index in [9.17, 15) is 9.90 Å². The summed E-state index contributed by atoms with van der Waals surface area (Å²) in [6, 6.07) is 15.5. The molecule has 2 aliphatic rings. The highest BCUT2D eigenvalue weighted by molar-refractivity contribution is 5.90. The Morgan fingerprint density at radius 1 is 1.12 bits per heavy atom. The van der Waals surface area contributed by atoms with E-state index in [-0.39, 0.29) is 30.5 Å². The van der Waals surface area contributed by atoms with Crippen LogP contribution in [0.5, 0.6) is 11.6 Å². The summed E-state index contributed by atoms with van der Waals surface area (Å²) in [4.78, 5) is 18.9. The molecule has 1 fully saturated rings. The third-order valence-corrected chi connectivity index (χ3v) is 8.20. The third-order valence-electron chi connectivity index (χ3n) is 8.20. The fraction of sp³-hybridized carbons (Fsp3) is 0.364. The van der Waals surface area contributed by atoms with Gasteiger partial charge in [-0.25, -0.2) is 14.2 Å². The van der Waals surface area contributed by atoms with E-state index in [2.05, 4.69) is 10.00 Å². The molecule has 6 rings (SSSR count). The Morgan fingerprint density at radius 2 is 1.93 bits per heavy atom. The molecule has 2 aromatic heterocycles. The van der Waals surface area contributed by atoms with Gasteiger partial charge in [-0.3, -0.25) is 4.90 Å². The standard InChI is InChI=1S/C33H35FN4O5/c1-3-42-32-27(33(39)40)18-35-38(32)29-9-5-8-28(36-29)26-7-4-6-21(2)31(26)43-20-23-11-10-22-19-37(15-12-25(22)30(23)34)24-13-16-41-17-14-24/h4-11,18,24H,3,12-17,19-20H2,1-2H3,(H,39,40). The molecular formula is C33H35FN4O5. The summed E-state index contributed by atoms with van der Waals surface area (Å²) < 4.78 is 34.6. The minimum atomic E-state index is -1.13. The van der Waals surface area contributed by atoms with Crippen LogP contribution in [-0.4, -0.2) is 63.1 Å². The predicted octanol–water partition coefficient (Wildman–Crippen LogP) is 5.59. The molecule has 43 heavy (non-hydrogen) atoms. The summed E-state index contributed by atoms with van der Waals surface area (Å²) >= 11 is 0.